The molecule has 1 heterocycles. The number of hydrogen-bond acceptors (Lipinski definition) is 4. The van der Waals surface area contributed by atoms with Crippen molar-refractivity contribution in [2.75, 3.05) is 11.1 Å². The Morgan fingerprint density at radius 1 is 1.33 bits per heavy atom. The predicted molar refractivity (Wildman–Crippen MR) is 78.0 cm³/mol. The highest BCUT2D eigenvalue weighted by molar-refractivity contribution is 5.71. The fourth-order valence-electron chi connectivity index (χ4n) is 1.96. The number of ether oxygens (including phenoxy) is 1. The van der Waals surface area contributed by atoms with Crippen LogP contribution in [0.1, 0.15) is 19.0 Å². The second-order valence-electron chi connectivity index (χ2n) is 4.60. The van der Waals surface area contributed by atoms with Crippen molar-refractivity contribution in [2.45, 2.75) is 33.4 Å². The SMILES string of the molecule is CCCn1nc(C)c(N)c1Nc1ccc(OC(F)F)cc1. The summed E-state index contributed by atoms with van der Waals surface area (Å²) in [4.78, 5) is 0. The first-order valence-electron chi connectivity index (χ1n) is 6.66. The summed E-state index contributed by atoms with van der Waals surface area (Å²) in [7, 11) is 0. The first-order chi connectivity index (χ1) is 10.0. The van der Waals surface area contributed by atoms with Crippen molar-refractivity contribution in [3.05, 3.63) is 30.0 Å². The molecule has 5 nitrogen and oxygen atoms in total. The van der Waals surface area contributed by atoms with Crippen molar-refractivity contribution in [1.82, 2.24) is 9.78 Å². The van der Waals surface area contributed by atoms with Crippen LogP contribution in [0.25, 0.3) is 0 Å². The molecule has 0 atom stereocenters. The molecule has 1 aromatic heterocycles. The van der Waals surface area contributed by atoms with Gasteiger partial charge in [0.2, 0.25) is 0 Å². The molecule has 0 fully saturated rings. The van der Waals surface area contributed by atoms with E-state index in [4.69, 9.17) is 5.73 Å². The minimum atomic E-state index is -2.83. The average Bonchev–Trinajstić information content (AvgIpc) is 2.69. The number of nitrogens with zero attached hydrogens (tertiary/aromatic N) is 2. The maximum Gasteiger partial charge on any atom is 0.387 e. The number of aromatic nitrogens is 2. The molecule has 0 bridgehead atoms. The molecule has 0 radical (unpaired) electrons. The molecule has 0 aliphatic heterocycles. The van der Waals surface area contributed by atoms with Gasteiger partial charge in [-0.2, -0.15) is 13.9 Å². The summed E-state index contributed by atoms with van der Waals surface area (Å²) < 4.78 is 30.3. The quantitative estimate of drug-likeness (QED) is 0.856. The smallest absolute Gasteiger partial charge is 0.387 e. The minimum Gasteiger partial charge on any atom is -0.435 e. The Balaban J connectivity index is 2.18. The minimum absolute atomic E-state index is 0.113. The lowest BCUT2D eigenvalue weighted by Gasteiger charge is -2.11. The number of aryl methyl sites for hydroxylation is 2. The lowest BCUT2D eigenvalue weighted by Crippen LogP contribution is -2.06. The van der Waals surface area contributed by atoms with Gasteiger partial charge in [0.1, 0.15) is 5.75 Å². The van der Waals surface area contributed by atoms with Crippen LogP contribution < -0.4 is 15.8 Å². The molecule has 0 aliphatic carbocycles. The van der Waals surface area contributed by atoms with Crippen LogP contribution in [-0.2, 0) is 6.54 Å². The molecule has 7 heteroatoms. The van der Waals surface area contributed by atoms with E-state index in [1.165, 1.54) is 12.1 Å². The first-order valence-corrected chi connectivity index (χ1v) is 6.66. The van der Waals surface area contributed by atoms with E-state index in [1.807, 2.05) is 13.8 Å². The maximum atomic E-state index is 12.1. The zero-order valence-corrected chi connectivity index (χ0v) is 11.9. The van der Waals surface area contributed by atoms with Gasteiger partial charge in [0, 0.05) is 12.2 Å². The maximum absolute atomic E-state index is 12.1. The number of alkyl halides is 2. The second-order valence-corrected chi connectivity index (χ2v) is 4.60. The van der Waals surface area contributed by atoms with E-state index in [1.54, 1.807) is 16.8 Å². The van der Waals surface area contributed by atoms with Crippen LogP contribution >= 0.6 is 0 Å². The molecule has 0 saturated carbocycles. The number of nitrogens with one attached hydrogen (secondary N) is 1. The molecule has 1 aromatic carbocycles. The van der Waals surface area contributed by atoms with E-state index in [-0.39, 0.29) is 5.75 Å². The molecular weight excluding hydrogens is 278 g/mol. The molecule has 0 amide bonds. The first kappa shape index (κ1) is 15.1. The number of rotatable bonds is 6. The van der Waals surface area contributed by atoms with Gasteiger partial charge in [-0.05, 0) is 37.6 Å². The summed E-state index contributed by atoms with van der Waals surface area (Å²) in [6, 6.07) is 6.24. The summed E-state index contributed by atoms with van der Waals surface area (Å²) in [5.74, 6) is 0.818. The van der Waals surface area contributed by atoms with Crippen LogP contribution in [0.5, 0.6) is 5.75 Å². The van der Waals surface area contributed by atoms with Gasteiger partial charge >= 0.3 is 6.61 Å². The Morgan fingerprint density at radius 3 is 2.57 bits per heavy atom. The summed E-state index contributed by atoms with van der Waals surface area (Å²) in [5.41, 5.74) is 8.06. The Kier molecular flexibility index (Phi) is 4.62. The highest BCUT2D eigenvalue weighted by Gasteiger charge is 2.12. The highest BCUT2D eigenvalue weighted by atomic mass is 19.3. The van der Waals surface area contributed by atoms with Gasteiger partial charge < -0.3 is 15.8 Å². The number of hydrogen-bond donors (Lipinski definition) is 2. The lowest BCUT2D eigenvalue weighted by atomic mass is 10.3. The molecule has 2 aromatic rings. The molecule has 0 unspecified atom stereocenters. The zero-order valence-electron chi connectivity index (χ0n) is 11.9. The fourth-order valence-corrected chi connectivity index (χ4v) is 1.96. The van der Waals surface area contributed by atoms with E-state index in [2.05, 4.69) is 15.2 Å². The number of halogens is 2. The zero-order chi connectivity index (χ0) is 15.4. The number of anilines is 3. The highest BCUT2D eigenvalue weighted by Crippen LogP contribution is 2.27. The van der Waals surface area contributed by atoms with Gasteiger partial charge in [0.25, 0.3) is 0 Å². The summed E-state index contributed by atoms with van der Waals surface area (Å²) in [6.07, 6.45) is 0.927. The van der Waals surface area contributed by atoms with E-state index < -0.39 is 6.61 Å². The third-order valence-corrected chi connectivity index (χ3v) is 2.95. The van der Waals surface area contributed by atoms with Gasteiger partial charge in [-0.1, -0.05) is 6.92 Å². The molecular formula is C14H18F2N4O. The van der Waals surface area contributed by atoms with Gasteiger partial charge in [-0.15, -0.1) is 0 Å². The Labute approximate surface area is 121 Å². The summed E-state index contributed by atoms with van der Waals surface area (Å²) >= 11 is 0. The van der Waals surface area contributed by atoms with Gasteiger partial charge in [0.15, 0.2) is 5.82 Å². The third kappa shape index (κ3) is 3.62. The van der Waals surface area contributed by atoms with Crippen molar-refractivity contribution < 1.29 is 13.5 Å². The molecule has 114 valence electrons. The van der Waals surface area contributed by atoms with Crippen LogP contribution in [0.4, 0.5) is 26.0 Å². The molecule has 0 aliphatic rings. The van der Waals surface area contributed by atoms with E-state index in [9.17, 15) is 8.78 Å². The monoisotopic (exact) mass is 296 g/mol. The van der Waals surface area contributed by atoms with Crippen LogP contribution in [0.15, 0.2) is 24.3 Å². The standard InChI is InChI=1S/C14H18F2N4O/c1-3-8-20-13(12(17)9(2)19-20)18-10-4-6-11(7-5-10)21-14(15)16/h4-7,14,18H,3,8,17H2,1-2H3. The molecule has 2 rings (SSSR count). The largest absolute Gasteiger partial charge is 0.435 e. The summed E-state index contributed by atoms with van der Waals surface area (Å²) in [6.45, 7) is 1.81. The fraction of sp³-hybridized carbons (Fsp3) is 0.357. The number of benzene rings is 1. The van der Waals surface area contributed by atoms with Crippen LogP contribution in [-0.4, -0.2) is 16.4 Å². The van der Waals surface area contributed by atoms with Crippen LogP contribution in [0.2, 0.25) is 0 Å². The predicted octanol–water partition coefficient (Wildman–Crippen LogP) is 3.53. The van der Waals surface area contributed by atoms with Crippen molar-refractivity contribution in [2.24, 2.45) is 0 Å². The van der Waals surface area contributed by atoms with Crippen molar-refractivity contribution in [3.63, 3.8) is 0 Å². The van der Waals surface area contributed by atoms with Gasteiger partial charge in [0.05, 0.1) is 11.4 Å². The van der Waals surface area contributed by atoms with E-state index in [0.29, 0.717) is 11.5 Å². The van der Waals surface area contributed by atoms with Crippen molar-refractivity contribution >= 4 is 17.2 Å². The van der Waals surface area contributed by atoms with E-state index >= 15 is 0 Å². The molecule has 21 heavy (non-hydrogen) atoms. The normalized spacial score (nSPS) is 10.9. The third-order valence-electron chi connectivity index (χ3n) is 2.95. The second kappa shape index (κ2) is 6.43. The average molecular weight is 296 g/mol. The Morgan fingerprint density at radius 2 is 2.00 bits per heavy atom. The van der Waals surface area contributed by atoms with Crippen LogP contribution in [0, 0.1) is 6.92 Å². The van der Waals surface area contributed by atoms with E-state index in [0.717, 1.165) is 24.3 Å². The Hall–Kier alpha value is -2.31. The number of nitrogen functional groups attached to an aromatic ring is 1. The molecule has 0 saturated heterocycles. The van der Waals surface area contributed by atoms with Crippen LogP contribution in [0.3, 0.4) is 0 Å². The van der Waals surface area contributed by atoms with Gasteiger partial charge in [-0.3, -0.25) is 0 Å². The Bertz CT molecular complexity index is 596. The summed E-state index contributed by atoms with van der Waals surface area (Å²) in [5, 5.41) is 7.52. The molecule has 0 spiro atoms. The topological polar surface area (TPSA) is 65.1 Å². The lowest BCUT2D eigenvalue weighted by molar-refractivity contribution is -0.0498. The van der Waals surface area contributed by atoms with Crippen molar-refractivity contribution in [3.8, 4) is 5.75 Å². The van der Waals surface area contributed by atoms with Gasteiger partial charge in [-0.25, -0.2) is 4.68 Å². The van der Waals surface area contributed by atoms with Crippen molar-refractivity contribution in [1.29, 1.82) is 0 Å². The number of nitrogens with two attached hydrogens (primary N) is 1. The molecule has 3 N–H and O–H groups in total.